The minimum Gasteiger partial charge on any atom is -0.459 e. The normalized spacial score (nSPS) is 51.2. The molecule has 0 amide bonds. The molecule has 0 heterocycles. The molecule has 264 valence electrons. The lowest BCUT2D eigenvalue weighted by molar-refractivity contribution is -0.188. The fourth-order valence-corrected chi connectivity index (χ4v) is 15.0. The van der Waals surface area contributed by atoms with Crippen molar-refractivity contribution in [3.05, 3.63) is 12.2 Å². The Balaban J connectivity index is 0.940. The van der Waals surface area contributed by atoms with E-state index < -0.39 is 11.9 Å². The molecule has 0 aromatic carbocycles. The zero-order valence-corrected chi connectivity index (χ0v) is 30.1. The Morgan fingerprint density at radius 3 is 1.38 bits per heavy atom. The molecule has 0 aliphatic heterocycles. The van der Waals surface area contributed by atoms with Gasteiger partial charge in [0.2, 0.25) is 0 Å². The van der Waals surface area contributed by atoms with Crippen molar-refractivity contribution >= 4 is 23.5 Å². The van der Waals surface area contributed by atoms with Crippen LogP contribution in [0.5, 0.6) is 0 Å². The van der Waals surface area contributed by atoms with Gasteiger partial charge in [-0.05, 0) is 150 Å². The van der Waals surface area contributed by atoms with E-state index in [4.69, 9.17) is 9.47 Å². The number of esters is 2. The fourth-order valence-electron chi connectivity index (χ4n) is 15.0. The lowest BCUT2D eigenvalue weighted by Gasteiger charge is -2.61. The standard InChI is InChI=1S/C42H60O6/c1-39-23-21-31-27(29(39)15-17-33(39)43)13-11-25-7-5-9-35(41(25,31)3)47-37(45)19-20-38(46)48-36-10-6-8-26-12-14-28-30-16-18-34(44)40(30,2)24-22-32(28)42(26,36)4/h19-20,25-32,35-36H,5-18,21-24H2,1-4H3/b20-19+/t25?,26?,27-,28-,29-,30-,31+,32+,35?,36?,39-,40-,41-,42-/m0/s1. The SMILES string of the molecule is C[C@@]12C(CCCC1OC(=O)/C=C/C(=O)OC1CCCC3CC[C@@H]4[C@@H](CC[C@]5(C)C(=O)CC[C@@H]45)[C@]31C)CC[C@@H]1[C@H]2CC[C@]2(C)C(=O)CC[C@@H]12. The summed E-state index contributed by atoms with van der Waals surface area (Å²) < 4.78 is 12.6. The first-order chi connectivity index (χ1) is 22.9. The van der Waals surface area contributed by atoms with Gasteiger partial charge in [0.15, 0.2) is 0 Å². The quantitative estimate of drug-likeness (QED) is 0.222. The van der Waals surface area contributed by atoms with Crippen LogP contribution in [0.25, 0.3) is 0 Å². The maximum absolute atomic E-state index is 13.4. The molecular weight excluding hydrogens is 600 g/mol. The molecule has 0 bridgehead atoms. The van der Waals surface area contributed by atoms with Crippen LogP contribution in [0, 0.1) is 69.0 Å². The number of rotatable bonds is 4. The summed E-state index contributed by atoms with van der Waals surface area (Å²) in [5, 5.41) is 0. The molecule has 6 heteroatoms. The molecule has 0 aromatic heterocycles. The summed E-state index contributed by atoms with van der Waals surface area (Å²) in [6.45, 7) is 9.22. The topological polar surface area (TPSA) is 86.7 Å². The molecule has 8 saturated carbocycles. The van der Waals surface area contributed by atoms with E-state index >= 15 is 0 Å². The largest absolute Gasteiger partial charge is 0.459 e. The predicted octanol–water partition coefficient (Wildman–Crippen LogP) is 8.59. The Morgan fingerprint density at radius 2 is 0.958 bits per heavy atom. The van der Waals surface area contributed by atoms with Crippen LogP contribution in [0.3, 0.4) is 0 Å². The summed E-state index contributed by atoms with van der Waals surface area (Å²) in [5.41, 5.74) is -0.479. The first-order valence-electron chi connectivity index (χ1n) is 20.1. The van der Waals surface area contributed by atoms with Gasteiger partial charge in [0.25, 0.3) is 0 Å². The number of carbonyl (C=O) groups is 4. The average molecular weight is 661 g/mol. The number of ether oxygens (including phenoxy) is 2. The van der Waals surface area contributed by atoms with Crippen LogP contribution in [0.1, 0.15) is 143 Å². The molecule has 0 saturated heterocycles. The Morgan fingerprint density at radius 1 is 0.542 bits per heavy atom. The fraction of sp³-hybridized carbons (Fsp3) is 0.857. The second-order valence-electron chi connectivity index (χ2n) is 18.9. The van der Waals surface area contributed by atoms with E-state index in [1.165, 1.54) is 37.8 Å². The van der Waals surface area contributed by atoms with Gasteiger partial charge < -0.3 is 9.47 Å². The van der Waals surface area contributed by atoms with E-state index in [-0.39, 0.29) is 33.9 Å². The van der Waals surface area contributed by atoms with Crippen molar-refractivity contribution in [1.82, 2.24) is 0 Å². The highest BCUT2D eigenvalue weighted by Gasteiger charge is 2.64. The third-order valence-electron chi connectivity index (χ3n) is 17.6. The number of fused-ring (bicyclic) bond motifs is 10. The molecule has 8 aliphatic rings. The highest BCUT2D eigenvalue weighted by atomic mass is 16.6. The first kappa shape index (κ1) is 33.2. The summed E-state index contributed by atoms with van der Waals surface area (Å²) in [7, 11) is 0. The molecule has 0 spiro atoms. The van der Waals surface area contributed by atoms with Crippen molar-refractivity contribution in [1.29, 1.82) is 0 Å². The van der Waals surface area contributed by atoms with Crippen LogP contribution in [0.4, 0.5) is 0 Å². The second kappa shape index (κ2) is 11.8. The van der Waals surface area contributed by atoms with E-state index in [0.29, 0.717) is 58.9 Å². The third kappa shape index (κ3) is 4.75. The molecule has 0 radical (unpaired) electrons. The highest BCUT2D eigenvalue weighted by Crippen LogP contribution is 2.67. The van der Waals surface area contributed by atoms with Gasteiger partial charge in [0, 0.05) is 46.7 Å². The van der Waals surface area contributed by atoms with Crippen LogP contribution in [-0.2, 0) is 28.7 Å². The summed E-state index contributed by atoms with van der Waals surface area (Å²) >= 11 is 0. The van der Waals surface area contributed by atoms with Crippen LogP contribution in [0.15, 0.2) is 12.2 Å². The maximum Gasteiger partial charge on any atom is 0.331 e. The number of hydrogen-bond acceptors (Lipinski definition) is 6. The van der Waals surface area contributed by atoms with Crippen molar-refractivity contribution in [2.24, 2.45) is 69.0 Å². The monoisotopic (exact) mass is 660 g/mol. The third-order valence-corrected chi connectivity index (χ3v) is 17.6. The van der Waals surface area contributed by atoms with Gasteiger partial charge in [0.1, 0.15) is 23.8 Å². The molecule has 6 nitrogen and oxygen atoms in total. The Hall–Kier alpha value is -1.98. The second-order valence-corrected chi connectivity index (χ2v) is 18.9. The molecule has 0 aromatic rings. The van der Waals surface area contributed by atoms with Crippen molar-refractivity contribution in [3.63, 3.8) is 0 Å². The molecule has 8 fully saturated rings. The molecule has 14 atom stereocenters. The van der Waals surface area contributed by atoms with Crippen LogP contribution >= 0.6 is 0 Å². The lowest BCUT2D eigenvalue weighted by Crippen LogP contribution is -2.58. The van der Waals surface area contributed by atoms with Gasteiger partial charge in [-0.25, -0.2) is 9.59 Å². The number of carbonyl (C=O) groups excluding carboxylic acids is 4. The molecule has 0 N–H and O–H groups in total. The number of ketones is 2. The summed E-state index contributed by atoms with van der Waals surface area (Å²) in [6, 6.07) is 0. The summed E-state index contributed by atoms with van der Waals surface area (Å²) in [6.07, 6.45) is 20.8. The van der Waals surface area contributed by atoms with Crippen LogP contribution in [-0.4, -0.2) is 35.7 Å². The zero-order valence-electron chi connectivity index (χ0n) is 30.1. The van der Waals surface area contributed by atoms with Crippen molar-refractivity contribution in [3.8, 4) is 0 Å². The predicted molar refractivity (Wildman–Crippen MR) is 182 cm³/mol. The zero-order chi connectivity index (χ0) is 33.6. The Kier molecular flexibility index (Phi) is 8.15. The first-order valence-corrected chi connectivity index (χ1v) is 20.1. The van der Waals surface area contributed by atoms with E-state index in [0.717, 1.165) is 89.9 Å². The van der Waals surface area contributed by atoms with Crippen LogP contribution < -0.4 is 0 Å². The van der Waals surface area contributed by atoms with E-state index in [9.17, 15) is 19.2 Å². The highest BCUT2D eigenvalue weighted by molar-refractivity contribution is 5.92. The summed E-state index contributed by atoms with van der Waals surface area (Å²) in [5.74, 6) is 4.12. The van der Waals surface area contributed by atoms with Gasteiger partial charge in [-0.2, -0.15) is 0 Å². The molecule has 4 unspecified atom stereocenters. The van der Waals surface area contributed by atoms with Gasteiger partial charge in [-0.3, -0.25) is 9.59 Å². The average Bonchev–Trinajstić information content (AvgIpc) is 3.54. The minimum absolute atomic E-state index is 0.0820. The smallest absolute Gasteiger partial charge is 0.331 e. The van der Waals surface area contributed by atoms with Gasteiger partial charge in [0.05, 0.1) is 0 Å². The summed E-state index contributed by atoms with van der Waals surface area (Å²) in [4.78, 5) is 52.7. The molecular formula is C42H60O6. The maximum atomic E-state index is 13.4. The van der Waals surface area contributed by atoms with E-state index in [1.807, 2.05) is 0 Å². The van der Waals surface area contributed by atoms with Gasteiger partial charge >= 0.3 is 11.9 Å². The lowest BCUT2D eigenvalue weighted by atomic mass is 9.44. The van der Waals surface area contributed by atoms with Crippen LogP contribution in [0.2, 0.25) is 0 Å². The number of hydrogen-bond donors (Lipinski definition) is 0. The van der Waals surface area contributed by atoms with Crippen molar-refractivity contribution in [2.45, 2.75) is 155 Å². The van der Waals surface area contributed by atoms with Gasteiger partial charge in [-0.15, -0.1) is 0 Å². The van der Waals surface area contributed by atoms with Crippen molar-refractivity contribution in [2.75, 3.05) is 0 Å². The molecule has 8 rings (SSSR count). The Labute approximate surface area is 288 Å². The van der Waals surface area contributed by atoms with Crippen molar-refractivity contribution < 1.29 is 28.7 Å². The Bertz CT molecular complexity index is 1280. The van der Waals surface area contributed by atoms with Gasteiger partial charge in [-0.1, -0.05) is 27.7 Å². The molecule has 48 heavy (non-hydrogen) atoms. The molecule has 8 aliphatic carbocycles. The van der Waals surface area contributed by atoms with E-state index in [1.54, 1.807) is 0 Å². The number of Topliss-reactive ketones (excluding diaryl/α,β-unsaturated/α-hetero) is 2. The minimum atomic E-state index is -0.430. The van der Waals surface area contributed by atoms with E-state index in [2.05, 4.69) is 27.7 Å².